The molecule has 1 unspecified atom stereocenters. The molecule has 1 saturated heterocycles. The molecule has 0 amide bonds. The molecule has 2 aliphatic rings. The summed E-state index contributed by atoms with van der Waals surface area (Å²) in [6.07, 6.45) is 8.28. The van der Waals surface area contributed by atoms with Gasteiger partial charge in [-0.15, -0.1) is 17.5 Å². The summed E-state index contributed by atoms with van der Waals surface area (Å²) >= 11 is 0. The lowest BCUT2D eigenvalue weighted by molar-refractivity contribution is 0.0612. The number of nitrogens with zero attached hydrogens (tertiary/aromatic N) is 6. The van der Waals surface area contributed by atoms with Crippen LogP contribution in [0.1, 0.15) is 55.3 Å². The molecule has 0 bridgehead atoms. The van der Waals surface area contributed by atoms with Gasteiger partial charge in [-0.2, -0.15) is 0 Å². The molecule has 9 heteroatoms. The monoisotopic (exact) mass is 460 g/mol. The maximum Gasteiger partial charge on any atom is 0.173 e. The summed E-state index contributed by atoms with van der Waals surface area (Å²) < 4.78 is 22.1. The van der Waals surface area contributed by atoms with Crippen LogP contribution in [0.25, 0.3) is 0 Å². The number of tetrazole rings is 1. The molecule has 32 heavy (non-hydrogen) atoms. The number of aromatic nitrogens is 4. The summed E-state index contributed by atoms with van der Waals surface area (Å²) in [6.45, 7) is 4.14. The number of piperazine rings is 1. The van der Waals surface area contributed by atoms with Crippen molar-refractivity contribution < 1.29 is 8.81 Å². The minimum Gasteiger partial charge on any atom is -0.467 e. The first kappa shape index (κ1) is 22.9. The number of halogens is 2. The zero-order valence-corrected chi connectivity index (χ0v) is 19.0. The molecule has 0 spiro atoms. The highest BCUT2D eigenvalue weighted by Gasteiger charge is 2.34. The molecule has 2 fully saturated rings. The molecule has 1 saturated carbocycles. The standard InChI is InChI=1S/C23H29FN6O.ClH/c24-21-11-5-4-10-20(21)22(23-25-26-27-30(23)17-19-9-6-16-31-19)29-14-12-28(13-15-29)18-7-2-1-3-8-18;/h4-6,9-11,16,18,22H,1-3,7-8,12-15,17H2;1H. The second kappa shape index (κ2) is 10.6. The molecule has 0 radical (unpaired) electrons. The zero-order valence-electron chi connectivity index (χ0n) is 18.1. The fourth-order valence-electron chi connectivity index (χ4n) is 5.07. The summed E-state index contributed by atoms with van der Waals surface area (Å²) in [5.74, 6) is 1.19. The van der Waals surface area contributed by atoms with E-state index in [2.05, 4.69) is 25.3 Å². The summed E-state index contributed by atoms with van der Waals surface area (Å²) in [5.41, 5.74) is 0.615. The topological polar surface area (TPSA) is 63.2 Å². The van der Waals surface area contributed by atoms with Gasteiger partial charge < -0.3 is 4.42 Å². The largest absolute Gasteiger partial charge is 0.467 e. The highest BCUT2D eigenvalue weighted by molar-refractivity contribution is 5.85. The molecule has 3 aromatic rings. The van der Waals surface area contributed by atoms with Crippen LogP contribution in [0.5, 0.6) is 0 Å². The van der Waals surface area contributed by atoms with Gasteiger partial charge >= 0.3 is 0 Å². The third-order valence-corrected chi connectivity index (χ3v) is 6.69. The number of rotatable bonds is 6. The molecular formula is C23H30ClFN6O. The molecule has 1 atom stereocenters. The van der Waals surface area contributed by atoms with E-state index in [4.69, 9.17) is 4.42 Å². The first-order valence-corrected chi connectivity index (χ1v) is 11.3. The average molecular weight is 461 g/mol. The van der Waals surface area contributed by atoms with Gasteiger partial charge in [-0.3, -0.25) is 9.80 Å². The third-order valence-electron chi connectivity index (χ3n) is 6.69. The number of hydrogen-bond donors (Lipinski definition) is 0. The van der Waals surface area contributed by atoms with Crippen LogP contribution in [0, 0.1) is 5.82 Å². The summed E-state index contributed by atoms with van der Waals surface area (Å²) in [7, 11) is 0. The van der Waals surface area contributed by atoms with Crippen LogP contribution in [-0.4, -0.2) is 62.2 Å². The van der Waals surface area contributed by atoms with E-state index in [0.29, 0.717) is 24.0 Å². The minimum absolute atomic E-state index is 0. The van der Waals surface area contributed by atoms with Crippen molar-refractivity contribution in [3.63, 3.8) is 0 Å². The van der Waals surface area contributed by atoms with Gasteiger partial charge in [-0.1, -0.05) is 37.5 Å². The van der Waals surface area contributed by atoms with Gasteiger partial charge in [0.1, 0.15) is 24.2 Å². The molecule has 1 aliphatic heterocycles. The Morgan fingerprint density at radius 2 is 1.78 bits per heavy atom. The van der Waals surface area contributed by atoms with Gasteiger partial charge in [0.15, 0.2) is 5.82 Å². The molecule has 1 aromatic carbocycles. The summed E-state index contributed by atoms with van der Waals surface area (Å²) in [5, 5.41) is 12.4. The Bertz CT molecular complexity index is 967. The van der Waals surface area contributed by atoms with E-state index >= 15 is 0 Å². The number of hydrogen-bond acceptors (Lipinski definition) is 6. The van der Waals surface area contributed by atoms with E-state index in [1.54, 1.807) is 17.0 Å². The Balaban J connectivity index is 0.00000245. The van der Waals surface area contributed by atoms with Gasteiger partial charge in [0.05, 0.1) is 6.26 Å². The maximum absolute atomic E-state index is 14.9. The molecule has 0 N–H and O–H groups in total. The van der Waals surface area contributed by atoms with Gasteiger partial charge in [0, 0.05) is 37.8 Å². The van der Waals surface area contributed by atoms with Crippen LogP contribution in [0.2, 0.25) is 0 Å². The molecule has 7 nitrogen and oxygen atoms in total. The van der Waals surface area contributed by atoms with E-state index in [1.807, 2.05) is 24.3 Å². The van der Waals surface area contributed by atoms with E-state index in [0.717, 1.165) is 31.9 Å². The van der Waals surface area contributed by atoms with Crippen molar-refractivity contribution in [2.24, 2.45) is 0 Å². The lowest BCUT2D eigenvalue weighted by Crippen LogP contribution is -2.52. The van der Waals surface area contributed by atoms with Crippen LogP contribution in [0.3, 0.4) is 0 Å². The molecular weight excluding hydrogens is 431 g/mol. The van der Waals surface area contributed by atoms with Crippen LogP contribution in [-0.2, 0) is 6.54 Å². The number of furan rings is 1. The molecule has 5 rings (SSSR count). The lowest BCUT2D eigenvalue weighted by Gasteiger charge is -2.43. The Kier molecular flexibility index (Phi) is 7.55. The van der Waals surface area contributed by atoms with Crippen LogP contribution < -0.4 is 0 Å². The third kappa shape index (κ3) is 4.87. The van der Waals surface area contributed by atoms with Crippen molar-refractivity contribution in [3.05, 3.63) is 65.6 Å². The zero-order chi connectivity index (χ0) is 21.0. The predicted molar refractivity (Wildman–Crippen MR) is 121 cm³/mol. The van der Waals surface area contributed by atoms with Crippen molar-refractivity contribution in [3.8, 4) is 0 Å². The number of benzene rings is 1. The van der Waals surface area contributed by atoms with Crippen molar-refractivity contribution in [2.75, 3.05) is 26.2 Å². The van der Waals surface area contributed by atoms with Crippen molar-refractivity contribution in [1.29, 1.82) is 0 Å². The Hall–Kier alpha value is -2.29. The van der Waals surface area contributed by atoms with Gasteiger partial charge in [0.25, 0.3) is 0 Å². The van der Waals surface area contributed by atoms with Crippen molar-refractivity contribution >= 4 is 12.4 Å². The lowest BCUT2D eigenvalue weighted by atomic mass is 9.93. The average Bonchev–Trinajstić information content (AvgIpc) is 3.49. The van der Waals surface area contributed by atoms with E-state index in [1.165, 1.54) is 38.2 Å². The smallest absolute Gasteiger partial charge is 0.173 e. The minimum atomic E-state index is -0.334. The van der Waals surface area contributed by atoms with Gasteiger partial charge in [0.2, 0.25) is 0 Å². The first-order chi connectivity index (χ1) is 15.3. The van der Waals surface area contributed by atoms with Crippen LogP contribution >= 0.6 is 12.4 Å². The maximum atomic E-state index is 14.9. The Morgan fingerprint density at radius 3 is 2.50 bits per heavy atom. The second-order valence-corrected chi connectivity index (χ2v) is 8.56. The van der Waals surface area contributed by atoms with Crippen molar-refractivity contribution in [2.45, 2.75) is 50.7 Å². The van der Waals surface area contributed by atoms with E-state index in [9.17, 15) is 4.39 Å². The van der Waals surface area contributed by atoms with E-state index < -0.39 is 0 Å². The Morgan fingerprint density at radius 1 is 1.00 bits per heavy atom. The Labute approximate surface area is 194 Å². The second-order valence-electron chi connectivity index (χ2n) is 8.56. The van der Waals surface area contributed by atoms with Crippen molar-refractivity contribution in [1.82, 2.24) is 30.0 Å². The van der Waals surface area contributed by atoms with Crippen LogP contribution in [0.4, 0.5) is 4.39 Å². The summed E-state index contributed by atoms with van der Waals surface area (Å²) in [6, 6.07) is 11.1. The highest BCUT2D eigenvalue weighted by atomic mass is 35.5. The fraction of sp³-hybridized carbons (Fsp3) is 0.522. The normalized spacial score (nSPS) is 19.5. The quantitative estimate of drug-likeness (QED) is 0.555. The fourth-order valence-corrected chi connectivity index (χ4v) is 5.07. The molecule has 172 valence electrons. The SMILES string of the molecule is Cl.Fc1ccccc1C(c1nnnn1Cc1ccco1)N1CCN(C2CCCCC2)CC1. The van der Waals surface area contributed by atoms with Gasteiger partial charge in [-0.05, 0) is 41.5 Å². The van der Waals surface area contributed by atoms with Crippen LogP contribution in [0.15, 0.2) is 47.1 Å². The van der Waals surface area contributed by atoms with E-state index in [-0.39, 0.29) is 24.3 Å². The molecule has 1 aliphatic carbocycles. The predicted octanol–water partition coefficient (Wildman–Crippen LogP) is 3.92. The molecule has 3 heterocycles. The summed E-state index contributed by atoms with van der Waals surface area (Å²) in [4.78, 5) is 4.95. The highest BCUT2D eigenvalue weighted by Crippen LogP contribution is 2.31. The molecule has 2 aromatic heterocycles. The van der Waals surface area contributed by atoms with Gasteiger partial charge in [-0.25, -0.2) is 9.07 Å². The first-order valence-electron chi connectivity index (χ1n) is 11.3.